The minimum absolute atomic E-state index is 0.517. The number of H-pyrrole nitrogens is 1. The standard InChI is InChI=1S/C14H19N5/c15-12-5-9-7-16-18-13(9)6-14(12)17-10-3-4-19(8-10)11-1-2-11/h5-7,10-11,17H,1-4,8,15H2,(H,16,18). The predicted octanol–water partition coefficient (Wildman–Crippen LogP) is 1.79. The molecule has 0 radical (unpaired) electrons. The summed E-state index contributed by atoms with van der Waals surface area (Å²) < 4.78 is 0. The lowest BCUT2D eigenvalue weighted by Crippen LogP contribution is -2.27. The van der Waals surface area contributed by atoms with Crippen LogP contribution in [0.1, 0.15) is 19.3 Å². The average molecular weight is 257 g/mol. The Morgan fingerprint density at radius 1 is 1.32 bits per heavy atom. The number of nitrogen functional groups attached to an aromatic ring is 1. The van der Waals surface area contributed by atoms with E-state index in [-0.39, 0.29) is 0 Å². The number of anilines is 2. The minimum atomic E-state index is 0.517. The second-order valence-electron chi connectivity index (χ2n) is 5.75. The second-order valence-corrected chi connectivity index (χ2v) is 5.75. The third-order valence-electron chi connectivity index (χ3n) is 4.25. The van der Waals surface area contributed by atoms with Gasteiger partial charge in [0.05, 0.1) is 23.1 Å². The molecule has 5 nitrogen and oxygen atoms in total. The van der Waals surface area contributed by atoms with Gasteiger partial charge in [0.1, 0.15) is 0 Å². The maximum Gasteiger partial charge on any atom is 0.0672 e. The van der Waals surface area contributed by atoms with Crippen LogP contribution in [0, 0.1) is 0 Å². The van der Waals surface area contributed by atoms with E-state index in [1.54, 1.807) is 6.20 Å². The number of aromatic amines is 1. The van der Waals surface area contributed by atoms with Crippen molar-refractivity contribution in [2.45, 2.75) is 31.3 Å². The minimum Gasteiger partial charge on any atom is -0.397 e. The van der Waals surface area contributed by atoms with Crippen molar-refractivity contribution in [1.29, 1.82) is 0 Å². The highest BCUT2D eigenvalue weighted by Crippen LogP contribution is 2.32. The molecule has 1 atom stereocenters. The van der Waals surface area contributed by atoms with Crippen molar-refractivity contribution in [2.24, 2.45) is 0 Å². The number of hydrogen-bond acceptors (Lipinski definition) is 4. The van der Waals surface area contributed by atoms with E-state index in [1.165, 1.54) is 25.8 Å². The average Bonchev–Trinajstić information content (AvgIpc) is 2.98. The molecule has 19 heavy (non-hydrogen) atoms. The molecule has 2 heterocycles. The van der Waals surface area contributed by atoms with Gasteiger partial charge >= 0.3 is 0 Å². The first-order chi connectivity index (χ1) is 9.29. The molecule has 4 rings (SSSR count). The molecule has 1 unspecified atom stereocenters. The summed E-state index contributed by atoms with van der Waals surface area (Å²) in [6, 6.07) is 5.43. The first-order valence-corrected chi connectivity index (χ1v) is 7.03. The number of likely N-dealkylation sites (tertiary alicyclic amines) is 1. The first kappa shape index (κ1) is 11.1. The lowest BCUT2D eigenvalue weighted by atomic mass is 10.2. The van der Waals surface area contributed by atoms with Gasteiger partial charge in [-0.15, -0.1) is 0 Å². The lowest BCUT2D eigenvalue weighted by molar-refractivity contribution is 0.326. The van der Waals surface area contributed by atoms with Crippen LogP contribution in [0.3, 0.4) is 0 Å². The predicted molar refractivity (Wildman–Crippen MR) is 77.1 cm³/mol. The normalized spacial score (nSPS) is 24.1. The van der Waals surface area contributed by atoms with E-state index >= 15 is 0 Å². The summed E-state index contributed by atoms with van der Waals surface area (Å²) in [4.78, 5) is 2.60. The van der Waals surface area contributed by atoms with Gasteiger partial charge in [-0.1, -0.05) is 0 Å². The fraction of sp³-hybridized carbons (Fsp3) is 0.500. The number of nitrogens with two attached hydrogens (primary N) is 1. The van der Waals surface area contributed by atoms with Gasteiger partial charge < -0.3 is 11.1 Å². The summed E-state index contributed by atoms with van der Waals surface area (Å²) in [6.07, 6.45) is 5.78. The van der Waals surface area contributed by atoms with E-state index in [0.717, 1.165) is 34.9 Å². The van der Waals surface area contributed by atoms with Crippen LogP contribution in [-0.4, -0.2) is 40.3 Å². The third kappa shape index (κ3) is 2.04. The Kier molecular flexibility index (Phi) is 2.41. The van der Waals surface area contributed by atoms with E-state index in [1.807, 2.05) is 6.07 Å². The van der Waals surface area contributed by atoms with Crippen molar-refractivity contribution >= 4 is 22.3 Å². The van der Waals surface area contributed by atoms with Gasteiger partial charge in [-0.2, -0.15) is 5.10 Å². The van der Waals surface area contributed by atoms with Crippen molar-refractivity contribution in [2.75, 3.05) is 24.1 Å². The summed E-state index contributed by atoms with van der Waals surface area (Å²) in [5, 5.41) is 11.7. The molecule has 4 N–H and O–H groups in total. The Balaban J connectivity index is 1.52. The molecule has 1 aromatic heterocycles. The van der Waals surface area contributed by atoms with Gasteiger partial charge in [0, 0.05) is 30.6 Å². The van der Waals surface area contributed by atoms with Crippen molar-refractivity contribution < 1.29 is 0 Å². The summed E-state index contributed by atoms with van der Waals surface area (Å²) >= 11 is 0. The highest BCUT2D eigenvalue weighted by atomic mass is 15.2. The topological polar surface area (TPSA) is 70.0 Å². The maximum atomic E-state index is 6.11. The van der Waals surface area contributed by atoms with Crippen LogP contribution in [0.4, 0.5) is 11.4 Å². The summed E-state index contributed by atoms with van der Waals surface area (Å²) in [6.45, 7) is 2.36. The van der Waals surface area contributed by atoms with Crippen molar-refractivity contribution in [3.63, 3.8) is 0 Å². The van der Waals surface area contributed by atoms with Crippen LogP contribution in [0.2, 0.25) is 0 Å². The van der Waals surface area contributed by atoms with Gasteiger partial charge in [-0.3, -0.25) is 10.00 Å². The fourth-order valence-corrected chi connectivity index (χ4v) is 3.03. The Morgan fingerprint density at radius 2 is 2.21 bits per heavy atom. The number of aromatic nitrogens is 2. The van der Waals surface area contributed by atoms with Gasteiger partial charge in [-0.25, -0.2) is 0 Å². The van der Waals surface area contributed by atoms with Crippen LogP contribution in [0.15, 0.2) is 18.3 Å². The van der Waals surface area contributed by atoms with E-state index in [9.17, 15) is 0 Å². The Bertz CT molecular complexity index is 601. The summed E-state index contributed by atoms with van der Waals surface area (Å²) in [5.74, 6) is 0. The molecule has 5 heteroatoms. The molecule has 1 aliphatic heterocycles. The number of hydrogen-bond donors (Lipinski definition) is 3. The molecule has 1 saturated heterocycles. The molecular weight excluding hydrogens is 238 g/mol. The zero-order valence-corrected chi connectivity index (χ0v) is 10.9. The quantitative estimate of drug-likeness (QED) is 0.733. The molecule has 1 saturated carbocycles. The van der Waals surface area contributed by atoms with E-state index < -0.39 is 0 Å². The smallest absolute Gasteiger partial charge is 0.0672 e. The van der Waals surface area contributed by atoms with Crippen LogP contribution >= 0.6 is 0 Å². The highest BCUT2D eigenvalue weighted by Gasteiger charge is 2.34. The summed E-state index contributed by atoms with van der Waals surface area (Å²) in [7, 11) is 0. The van der Waals surface area contributed by atoms with Crippen LogP contribution in [0.5, 0.6) is 0 Å². The first-order valence-electron chi connectivity index (χ1n) is 7.03. The molecular formula is C14H19N5. The zero-order chi connectivity index (χ0) is 12.8. The molecule has 2 fully saturated rings. The molecule has 0 spiro atoms. The van der Waals surface area contributed by atoms with E-state index in [0.29, 0.717) is 6.04 Å². The van der Waals surface area contributed by atoms with Gasteiger partial charge in [0.15, 0.2) is 0 Å². The molecule has 0 bridgehead atoms. The van der Waals surface area contributed by atoms with Crippen LogP contribution < -0.4 is 11.1 Å². The van der Waals surface area contributed by atoms with Gasteiger partial charge in [0.25, 0.3) is 0 Å². The van der Waals surface area contributed by atoms with Crippen LogP contribution in [-0.2, 0) is 0 Å². The molecule has 2 aliphatic rings. The Labute approximate surface area is 112 Å². The number of benzene rings is 1. The lowest BCUT2D eigenvalue weighted by Gasteiger charge is -2.17. The number of rotatable bonds is 3. The molecule has 1 aromatic carbocycles. The molecule has 100 valence electrons. The number of nitrogens with one attached hydrogen (secondary N) is 2. The SMILES string of the molecule is Nc1cc2cn[nH]c2cc1NC1CCN(C2CC2)C1. The second kappa shape index (κ2) is 4.13. The van der Waals surface area contributed by atoms with Crippen molar-refractivity contribution in [1.82, 2.24) is 15.1 Å². The number of fused-ring (bicyclic) bond motifs is 1. The molecule has 0 amide bonds. The Hall–Kier alpha value is -1.75. The van der Waals surface area contributed by atoms with Crippen molar-refractivity contribution in [3.8, 4) is 0 Å². The van der Waals surface area contributed by atoms with E-state index in [2.05, 4.69) is 26.5 Å². The summed E-state index contributed by atoms with van der Waals surface area (Å²) in [5.41, 5.74) is 8.98. The number of nitrogens with zero attached hydrogens (tertiary/aromatic N) is 2. The largest absolute Gasteiger partial charge is 0.397 e. The fourth-order valence-electron chi connectivity index (χ4n) is 3.03. The van der Waals surface area contributed by atoms with Crippen molar-refractivity contribution in [3.05, 3.63) is 18.3 Å². The molecule has 2 aromatic rings. The van der Waals surface area contributed by atoms with E-state index in [4.69, 9.17) is 5.73 Å². The maximum absolute atomic E-state index is 6.11. The van der Waals surface area contributed by atoms with Gasteiger partial charge in [-0.05, 0) is 31.4 Å². The Morgan fingerprint density at radius 3 is 3.05 bits per heavy atom. The van der Waals surface area contributed by atoms with Crippen LogP contribution in [0.25, 0.3) is 10.9 Å². The zero-order valence-electron chi connectivity index (χ0n) is 10.9. The van der Waals surface area contributed by atoms with Gasteiger partial charge in [0.2, 0.25) is 0 Å². The highest BCUT2D eigenvalue weighted by molar-refractivity contribution is 5.88. The third-order valence-corrected chi connectivity index (χ3v) is 4.25. The molecule has 1 aliphatic carbocycles. The monoisotopic (exact) mass is 257 g/mol.